The van der Waals surface area contributed by atoms with Gasteiger partial charge < -0.3 is 25.4 Å². The summed E-state index contributed by atoms with van der Waals surface area (Å²) in [7, 11) is -1.20. The third-order valence-corrected chi connectivity index (χ3v) is 8.26. The lowest BCUT2D eigenvalue weighted by atomic mass is 10.1. The molecular formula is C32H31FN6O5S. The quantitative estimate of drug-likeness (QED) is 0.171. The summed E-state index contributed by atoms with van der Waals surface area (Å²) < 4.78 is 54.9. The van der Waals surface area contributed by atoms with Gasteiger partial charge in [-0.15, -0.1) is 0 Å². The first-order chi connectivity index (χ1) is 21.5. The number of nitrogens with zero attached hydrogens (tertiary/aromatic N) is 3. The van der Waals surface area contributed by atoms with Crippen LogP contribution in [0.15, 0.2) is 89.8 Å². The van der Waals surface area contributed by atoms with Gasteiger partial charge in [0, 0.05) is 36.1 Å². The van der Waals surface area contributed by atoms with Gasteiger partial charge in [-0.2, -0.15) is 0 Å². The first kappa shape index (κ1) is 31.0. The minimum absolute atomic E-state index is 0.0507. The topological polar surface area (TPSA) is 149 Å². The highest BCUT2D eigenvalue weighted by molar-refractivity contribution is 7.92. The number of rotatable bonds is 12. The van der Waals surface area contributed by atoms with E-state index in [-0.39, 0.29) is 29.6 Å². The average Bonchev–Trinajstić information content (AvgIpc) is 3.02. The second-order valence-corrected chi connectivity index (χ2v) is 11.8. The molecule has 4 aromatic carbocycles. The number of para-hydroxylation sites is 2. The molecule has 0 bridgehead atoms. The number of hydrogen-bond acceptors (Lipinski definition) is 9. The molecule has 0 radical (unpaired) electrons. The number of ether oxygens (including phenoxy) is 2. The van der Waals surface area contributed by atoms with E-state index >= 15 is 0 Å². The Bertz CT molecular complexity index is 1970. The molecule has 0 fully saturated rings. The van der Waals surface area contributed by atoms with Crippen molar-refractivity contribution in [1.82, 2.24) is 9.97 Å². The molecule has 232 valence electrons. The molecule has 0 unspecified atom stereocenters. The minimum Gasteiger partial charge on any atom is -0.497 e. The van der Waals surface area contributed by atoms with E-state index in [1.807, 2.05) is 6.92 Å². The summed E-state index contributed by atoms with van der Waals surface area (Å²) in [4.78, 5) is 22.6. The number of aromatic nitrogens is 2. The smallest absolute Gasteiger partial charge is 0.263 e. The van der Waals surface area contributed by atoms with Gasteiger partial charge in [0.05, 0.1) is 36.7 Å². The molecule has 0 aliphatic heterocycles. The van der Waals surface area contributed by atoms with E-state index in [0.29, 0.717) is 39.5 Å². The second-order valence-electron chi connectivity index (χ2n) is 10.1. The summed E-state index contributed by atoms with van der Waals surface area (Å²) in [6.07, 6.45) is 0. The van der Waals surface area contributed by atoms with Gasteiger partial charge >= 0.3 is 0 Å². The molecule has 0 aliphatic carbocycles. The molecule has 1 amide bonds. The minimum atomic E-state index is -4.24. The van der Waals surface area contributed by atoms with E-state index in [9.17, 15) is 17.6 Å². The van der Waals surface area contributed by atoms with E-state index in [2.05, 4.69) is 20.0 Å². The maximum Gasteiger partial charge on any atom is 0.263 e. The molecule has 0 atom stereocenters. The van der Waals surface area contributed by atoms with Crippen LogP contribution in [0.2, 0.25) is 0 Å². The van der Waals surface area contributed by atoms with Crippen molar-refractivity contribution in [2.75, 3.05) is 35.7 Å². The molecule has 0 saturated heterocycles. The molecule has 5 rings (SSSR count). The van der Waals surface area contributed by atoms with Gasteiger partial charge in [0.2, 0.25) is 5.91 Å². The Balaban J connectivity index is 1.51. The summed E-state index contributed by atoms with van der Waals surface area (Å²) in [5, 5.41) is 3.13. The third-order valence-electron chi connectivity index (χ3n) is 6.93. The van der Waals surface area contributed by atoms with Crippen molar-refractivity contribution in [3.05, 3.63) is 102 Å². The number of fused-ring (bicyclic) bond motifs is 1. The number of benzene rings is 4. The molecule has 1 aromatic heterocycles. The Hall–Kier alpha value is -5.43. The Morgan fingerprint density at radius 3 is 2.20 bits per heavy atom. The van der Waals surface area contributed by atoms with Crippen LogP contribution in [0.1, 0.15) is 11.1 Å². The van der Waals surface area contributed by atoms with Crippen LogP contribution < -0.4 is 30.1 Å². The van der Waals surface area contributed by atoms with Crippen LogP contribution in [0.4, 0.5) is 27.4 Å². The first-order valence-electron chi connectivity index (χ1n) is 13.7. The zero-order valence-electron chi connectivity index (χ0n) is 24.7. The van der Waals surface area contributed by atoms with Gasteiger partial charge in [-0.3, -0.25) is 9.52 Å². The Morgan fingerprint density at radius 2 is 1.56 bits per heavy atom. The number of aryl methyl sites for hydroxylation is 1. The van der Waals surface area contributed by atoms with Gasteiger partial charge in [0.25, 0.3) is 10.0 Å². The molecule has 11 nitrogen and oxygen atoms in total. The zero-order chi connectivity index (χ0) is 32.1. The van der Waals surface area contributed by atoms with Crippen molar-refractivity contribution in [3.63, 3.8) is 0 Å². The number of anilines is 4. The third kappa shape index (κ3) is 7.39. The SMILES string of the molecule is COc1cc(Nc2nc3ccccc3nc2NS(=O)(=O)c2cccc(N(CC(N)=O)Cc3cc(F)ccc3C)c2)cc(OC)c1. The number of halogens is 1. The first-order valence-corrected chi connectivity index (χ1v) is 15.2. The summed E-state index contributed by atoms with van der Waals surface area (Å²) in [5.41, 5.74) is 8.87. The van der Waals surface area contributed by atoms with Crippen molar-refractivity contribution in [3.8, 4) is 11.5 Å². The van der Waals surface area contributed by atoms with Crippen LogP contribution >= 0.6 is 0 Å². The summed E-state index contributed by atoms with van der Waals surface area (Å²) >= 11 is 0. The molecule has 0 aliphatic rings. The van der Waals surface area contributed by atoms with Crippen molar-refractivity contribution < 1.29 is 27.1 Å². The predicted octanol–water partition coefficient (Wildman–Crippen LogP) is 5.13. The number of nitrogens with one attached hydrogen (secondary N) is 2. The van der Waals surface area contributed by atoms with Gasteiger partial charge in [-0.1, -0.05) is 24.3 Å². The van der Waals surface area contributed by atoms with E-state index < -0.39 is 21.7 Å². The van der Waals surface area contributed by atoms with Gasteiger partial charge in [0.1, 0.15) is 17.3 Å². The number of carbonyl (C=O) groups excluding carboxylic acids is 1. The lowest BCUT2D eigenvalue weighted by Gasteiger charge is -2.25. The fourth-order valence-corrected chi connectivity index (χ4v) is 5.70. The van der Waals surface area contributed by atoms with Gasteiger partial charge in [-0.25, -0.2) is 22.8 Å². The lowest BCUT2D eigenvalue weighted by Crippen LogP contribution is -2.33. The van der Waals surface area contributed by atoms with Crippen LogP contribution in [0.3, 0.4) is 0 Å². The number of methoxy groups -OCH3 is 2. The Morgan fingerprint density at radius 1 is 0.889 bits per heavy atom. The van der Waals surface area contributed by atoms with E-state index in [0.717, 1.165) is 5.56 Å². The van der Waals surface area contributed by atoms with Crippen LogP contribution in [0, 0.1) is 12.7 Å². The Labute approximate surface area is 259 Å². The molecule has 5 aromatic rings. The molecule has 13 heteroatoms. The summed E-state index contributed by atoms with van der Waals surface area (Å²) in [5.74, 6) is 0.0538. The van der Waals surface area contributed by atoms with Crippen LogP contribution in [0.25, 0.3) is 11.0 Å². The highest BCUT2D eigenvalue weighted by Gasteiger charge is 2.22. The molecule has 0 saturated carbocycles. The van der Waals surface area contributed by atoms with Crippen molar-refractivity contribution in [2.24, 2.45) is 5.73 Å². The lowest BCUT2D eigenvalue weighted by molar-refractivity contribution is -0.116. The average molecular weight is 631 g/mol. The number of hydrogen-bond donors (Lipinski definition) is 3. The van der Waals surface area contributed by atoms with E-state index in [1.54, 1.807) is 65.6 Å². The van der Waals surface area contributed by atoms with E-state index in [4.69, 9.17) is 15.2 Å². The number of primary amides is 1. The zero-order valence-corrected chi connectivity index (χ0v) is 25.6. The van der Waals surface area contributed by atoms with Crippen LogP contribution in [-0.2, 0) is 21.4 Å². The highest BCUT2D eigenvalue weighted by atomic mass is 32.2. The van der Waals surface area contributed by atoms with Gasteiger partial charge in [-0.05, 0) is 60.5 Å². The largest absolute Gasteiger partial charge is 0.497 e. The number of nitrogens with two attached hydrogens (primary N) is 1. The van der Waals surface area contributed by atoms with Crippen molar-refractivity contribution >= 4 is 50.0 Å². The van der Waals surface area contributed by atoms with Crippen molar-refractivity contribution in [2.45, 2.75) is 18.4 Å². The summed E-state index contributed by atoms with van der Waals surface area (Å²) in [6, 6.07) is 22.5. The second kappa shape index (κ2) is 13.1. The molecule has 1 heterocycles. The molecule has 45 heavy (non-hydrogen) atoms. The number of sulfonamides is 1. The normalized spacial score (nSPS) is 11.2. The monoisotopic (exact) mass is 630 g/mol. The van der Waals surface area contributed by atoms with Crippen LogP contribution in [-0.4, -0.2) is 45.1 Å². The highest BCUT2D eigenvalue weighted by Crippen LogP contribution is 2.32. The number of amides is 1. The maximum atomic E-state index is 14.0. The van der Waals surface area contributed by atoms with Crippen LogP contribution in [0.5, 0.6) is 11.5 Å². The fraction of sp³-hybridized carbons (Fsp3) is 0.156. The fourth-order valence-electron chi connectivity index (χ4n) is 4.65. The Kier molecular flexibility index (Phi) is 9.00. The molecule has 0 spiro atoms. The standard InChI is InChI=1S/C32H31FN6O5S/c1-20-11-12-22(33)13-21(20)18-39(19-30(34)40)24-7-6-8-27(16-24)45(41,42)38-32-31(36-28-9-4-5-10-29(28)37-32)35-23-14-25(43-2)17-26(15-23)44-3/h4-17H,18-19H2,1-3H3,(H2,34,40)(H,35,36)(H,37,38). The molecular weight excluding hydrogens is 599 g/mol. The summed E-state index contributed by atoms with van der Waals surface area (Å²) in [6.45, 7) is 1.72. The maximum absolute atomic E-state index is 14.0. The van der Waals surface area contributed by atoms with Gasteiger partial charge in [0.15, 0.2) is 11.6 Å². The predicted molar refractivity (Wildman–Crippen MR) is 171 cm³/mol. The van der Waals surface area contributed by atoms with Crippen molar-refractivity contribution in [1.29, 1.82) is 0 Å². The number of carbonyl (C=O) groups is 1. The molecule has 4 N–H and O–H groups in total. The van der Waals surface area contributed by atoms with E-state index in [1.165, 1.54) is 38.5 Å².